The lowest BCUT2D eigenvalue weighted by atomic mass is 9.92. The van der Waals surface area contributed by atoms with Gasteiger partial charge in [-0.2, -0.15) is 5.10 Å². The molecule has 0 saturated carbocycles. The smallest absolute Gasteiger partial charge is 0.272 e. The predicted octanol–water partition coefficient (Wildman–Crippen LogP) is 3.53. The van der Waals surface area contributed by atoms with Crippen LogP contribution in [0, 0.1) is 5.92 Å². The Labute approximate surface area is 166 Å². The summed E-state index contributed by atoms with van der Waals surface area (Å²) < 4.78 is 6.24. The summed E-state index contributed by atoms with van der Waals surface area (Å²) in [6.07, 6.45) is 1.09. The highest BCUT2D eigenvalue weighted by Gasteiger charge is 2.20. The number of benzene rings is 1. The quantitative estimate of drug-likeness (QED) is 0.717. The van der Waals surface area contributed by atoms with Crippen LogP contribution in [0.15, 0.2) is 41.2 Å². The summed E-state index contributed by atoms with van der Waals surface area (Å²) in [5.74, 6) is 0.423. The maximum Gasteiger partial charge on any atom is 0.272 e. The molecule has 2 atom stereocenters. The molecule has 6 heteroatoms. The summed E-state index contributed by atoms with van der Waals surface area (Å²) in [7, 11) is 1.56. The van der Waals surface area contributed by atoms with Crippen molar-refractivity contribution in [3.63, 3.8) is 0 Å². The van der Waals surface area contributed by atoms with Gasteiger partial charge in [0.25, 0.3) is 11.5 Å². The first-order valence-corrected chi connectivity index (χ1v) is 9.85. The second kappa shape index (κ2) is 10.2. The summed E-state index contributed by atoms with van der Waals surface area (Å²) in [6.45, 7) is 9.19. The molecule has 2 aromatic rings. The zero-order chi connectivity index (χ0) is 20.7. The minimum Gasteiger partial charge on any atom is -0.383 e. The van der Waals surface area contributed by atoms with Gasteiger partial charge in [-0.3, -0.25) is 9.59 Å². The van der Waals surface area contributed by atoms with E-state index >= 15 is 0 Å². The number of nitrogens with one attached hydrogen (secondary N) is 1. The Morgan fingerprint density at radius 1 is 1.11 bits per heavy atom. The molecular formula is C22H31N3O3. The van der Waals surface area contributed by atoms with E-state index in [4.69, 9.17) is 4.74 Å². The summed E-state index contributed by atoms with van der Waals surface area (Å²) in [5, 5.41) is 7.24. The van der Waals surface area contributed by atoms with Crippen molar-refractivity contribution < 1.29 is 9.53 Å². The fourth-order valence-corrected chi connectivity index (χ4v) is 3.03. The van der Waals surface area contributed by atoms with E-state index in [0.29, 0.717) is 19.1 Å². The SMILES string of the molecule is CCC(C)c1ccc(C(NC(=O)c2ccc(=O)n(CCOC)n2)C(C)C)cc1. The van der Waals surface area contributed by atoms with Gasteiger partial charge in [-0.05, 0) is 35.4 Å². The summed E-state index contributed by atoms with van der Waals surface area (Å²) in [4.78, 5) is 24.6. The standard InChI is InChI=1S/C22H31N3O3/c1-6-16(4)17-7-9-18(10-8-17)21(15(2)3)23-22(27)19-11-12-20(26)25(24-19)13-14-28-5/h7-12,15-16,21H,6,13-14H2,1-5H3,(H,23,27). The lowest BCUT2D eigenvalue weighted by Crippen LogP contribution is -2.34. The number of carbonyl (C=O) groups is 1. The van der Waals surface area contributed by atoms with E-state index in [1.807, 2.05) is 0 Å². The number of rotatable bonds is 9. The summed E-state index contributed by atoms with van der Waals surface area (Å²) >= 11 is 0. The monoisotopic (exact) mass is 385 g/mol. The molecule has 0 radical (unpaired) electrons. The Morgan fingerprint density at radius 2 is 1.75 bits per heavy atom. The molecule has 28 heavy (non-hydrogen) atoms. The molecule has 0 saturated heterocycles. The molecule has 0 spiro atoms. The van der Waals surface area contributed by atoms with Crippen molar-refractivity contribution in [3.05, 3.63) is 63.6 Å². The van der Waals surface area contributed by atoms with Gasteiger partial charge in [0, 0.05) is 13.2 Å². The van der Waals surface area contributed by atoms with Crippen LogP contribution in [0.1, 0.15) is 67.7 Å². The van der Waals surface area contributed by atoms with Crippen LogP contribution in [0.2, 0.25) is 0 Å². The number of methoxy groups -OCH3 is 1. The van der Waals surface area contributed by atoms with Gasteiger partial charge < -0.3 is 10.1 Å². The first-order valence-electron chi connectivity index (χ1n) is 9.85. The molecule has 152 valence electrons. The normalized spacial score (nSPS) is 13.4. The third-order valence-corrected chi connectivity index (χ3v) is 5.04. The number of aromatic nitrogens is 2. The number of nitrogens with zero attached hydrogens (tertiary/aromatic N) is 2. The van der Waals surface area contributed by atoms with Crippen LogP contribution in [0.5, 0.6) is 0 Å². The summed E-state index contributed by atoms with van der Waals surface area (Å²) in [6, 6.07) is 11.1. The zero-order valence-corrected chi connectivity index (χ0v) is 17.4. The van der Waals surface area contributed by atoms with Crippen molar-refractivity contribution in [2.45, 2.75) is 52.6 Å². The Bertz CT molecular complexity index is 828. The van der Waals surface area contributed by atoms with E-state index in [-0.39, 0.29) is 29.1 Å². The van der Waals surface area contributed by atoms with Gasteiger partial charge in [0.05, 0.1) is 19.2 Å². The molecule has 0 aliphatic rings. The highest BCUT2D eigenvalue weighted by Crippen LogP contribution is 2.25. The van der Waals surface area contributed by atoms with Crippen molar-refractivity contribution in [2.24, 2.45) is 5.92 Å². The minimum absolute atomic E-state index is 0.139. The lowest BCUT2D eigenvalue weighted by molar-refractivity contribution is 0.0916. The van der Waals surface area contributed by atoms with Crippen molar-refractivity contribution in [1.82, 2.24) is 15.1 Å². The Morgan fingerprint density at radius 3 is 2.32 bits per heavy atom. The maximum atomic E-state index is 12.8. The van der Waals surface area contributed by atoms with E-state index in [2.05, 4.69) is 62.4 Å². The van der Waals surface area contributed by atoms with E-state index in [0.717, 1.165) is 12.0 Å². The fraction of sp³-hybridized carbons (Fsp3) is 0.500. The molecule has 2 unspecified atom stereocenters. The molecule has 1 aromatic heterocycles. The maximum absolute atomic E-state index is 12.8. The van der Waals surface area contributed by atoms with Gasteiger partial charge in [0.15, 0.2) is 0 Å². The molecule has 0 bridgehead atoms. The van der Waals surface area contributed by atoms with Crippen molar-refractivity contribution in [2.75, 3.05) is 13.7 Å². The number of carbonyl (C=O) groups excluding carboxylic acids is 1. The van der Waals surface area contributed by atoms with Crippen LogP contribution in [0.25, 0.3) is 0 Å². The van der Waals surface area contributed by atoms with E-state index in [9.17, 15) is 9.59 Å². The van der Waals surface area contributed by atoms with Gasteiger partial charge in [0.1, 0.15) is 5.69 Å². The topological polar surface area (TPSA) is 73.2 Å². The Kier molecular flexibility index (Phi) is 7.93. The van der Waals surface area contributed by atoms with Gasteiger partial charge in [-0.1, -0.05) is 52.0 Å². The first-order chi connectivity index (χ1) is 13.4. The van der Waals surface area contributed by atoms with Crippen LogP contribution in [0.4, 0.5) is 0 Å². The van der Waals surface area contributed by atoms with Crippen LogP contribution in [-0.4, -0.2) is 29.4 Å². The zero-order valence-electron chi connectivity index (χ0n) is 17.4. The second-order valence-corrected chi connectivity index (χ2v) is 7.44. The predicted molar refractivity (Wildman–Crippen MR) is 111 cm³/mol. The van der Waals surface area contributed by atoms with Gasteiger partial charge in [-0.15, -0.1) is 0 Å². The number of hydrogen-bond acceptors (Lipinski definition) is 4. The molecule has 1 heterocycles. The van der Waals surface area contributed by atoms with Crippen LogP contribution in [0.3, 0.4) is 0 Å². The lowest BCUT2D eigenvalue weighted by Gasteiger charge is -2.23. The van der Waals surface area contributed by atoms with E-state index in [1.54, 1.807) is 7.11 Å². The molecular weight excluding hydrogens is 354 g/mol. The molecule has 0 fully saturated rings. The van der Waals surface area contributed by atoms with Crippen LogP contribution in [-0.2, 0) is 11.3 Å². The second-order valence-electron chi connectivity index (χ2n) is 7.44. The molecule has 2 rings (SSSR count). The summed E-state index contributed by atoms with van der Waals surface area (Å²) in [5.41, 5.74) is 2.32. The van der Waals surface area contributed by atoms with Crippen LogP contribution < -0.4 is 10.9 Å². The molecule has 0 aliphatic heterocycles. The van der Waals surface area contributed by atoms with Gasteiger partial charge in [-0.25, -0.2) is 4.68 Å². The largest absolute Gasteiger partial charge is 0.383 e. The van der Waals surface area contributed by atoms with Crippen LogP contribution >= 0.6 is 0 Å². The van der Waals surface area contributed by atoms with Crippen molar-refractivity contribution in [1.29, 1.82) is 0 Å². The first kappa shape index (κ1) is 21.8. The third kappa shape index (κ3) is 5.52. The van der Waals surface area contributed by atoms with E-state index < -0.39 is 0 Å². The average molecular weight is 386 g/mol. The number of amides is 1. The molecule has 1 amide bonds. The fourth-order valence-electron chi connectivity index (χ4n) is 3.03. The highest BCUT2D eigenvalue weighted by molar-refractivity contribution is 5.92. The van der Waals surface area contributed by atoms with Gasteiger partial charge in [0.2, 0.25) is 0 Å². The molecule has 1 aromatic carbocycles. The average Bonchev–Trinajstić information content (AvgIpc) is 2.70. The van der Waals surface area contributed by atoms with Crippen molar-refractivity contribution >= 4 is 5.91 Å². The molecule has 6 nitrogen and oxygen atoms in total. The Balaban J connectivity index is 2.20. The third-order valence-electron chi connectivity index (χ3n) is 5.04. The molecule has 1 N–H and O–H groups in total. The minimum atomic E-state index is -0.295. The molecule has 0 aliphatic carbocycles. The number of hydrogen-bond donors (Lipinski definition) is 1. The van der Waals surface area contributed by atoms with Crippen molar-refractivity contribution in [3.8, 4) is 0 Å². The Hall–Kier alpha value is -2.47. The highest BCUT2D eigenvalue weighted by atomic mass is 16.5. The van der Waals surface area contributed by atoms with Gasteiger partial charge >= 0.3 is 0 Å². The number of ether oxygens (including phenoxy) is 1. The van der Waals surface area contributed by atoms with E-state index in [1.165, 1.54) is 22.4 Å².